The van der Waals surface area contributed by atoms with Crippen molar-refractivity contribution < 1.29 is 18.7 Å². The number of aromatic hydroxyl groups is 1. The molecule has 0 aliphatic rings. The van der Waals surface area contributed by atoms with E-state index < -0.39 is 5.76 Å². The molecule has 2 aromatic heterocycles. The zero-order valence-electron chi connectivity index (χ0n) is 15.2. The average molecular weight is 381 g/mol. The van der Waals surface area contributed by atoms with Crippen LogP contribution in [0, 0.1) is 0 Å². The maximum absolute atomic E-state index is 11.7. The minimum Gasteiger partial charge on any atom is -0.492 e. The van der Waals surface area contributed by atoms with E-state index in [0.717, 1.165) is 27.5 Å². The lowest BCUT2D eigenvalue weighted by Crippen LogP contribution is -2.24. The Morgan fingerprint density at radius 2 is 1.96 bits per heavy atom. The van der Waals surface area contributed by atoms with Crippen LogP contribution in [0.2, 0.25) is 0 Å². The van der Waals surface area contributed by atoms with Crippen LogP contribution in [0.3, 0.4) is 0 Å². The molecule has 144 valence electrons. The van der Waals surface area contributed by atoms with Crippen molar-refractivity contribution in [2.75, 3.05) is 25.1 Å². The smallest absolute Gasteiger partial charge is 0.422 e. The van der Waals surface area contributed by atoms with Gasteiger partial charge in [0.1, 0.15) is 17.9 Å². The number of ether oxygens (including phenoxy) is 1. The number of hydrogen-bond donors (Lipinski definition) is 1. The Balaban J connectivity index is 1.41. The second-order valence-electron chi connectivity index (χ2n) is 6.29. The van der Waals surface area contributed by atoms with Gasteiger partial charge in [-0.05, 0) is 18.2 Å². The number of oxazole rings is 2. The number of likely N-dealkylation sites (N-methyl/N-ethyl adjacent to an activating group) is 1. The minimum atomic E-state index is -0.622. The predicted octanol–water partition coefficient (Wildman–Crippen LogP) is 2.85. The molecule has 2 aromatic carbocycles. The number of para-hydroxylation sites is 3. The van der Waals surface area contributed by atoms with E-state index >= 15 is 0 Å². The zero-order chi connectivity index (χ0) is 19.5. The van der Waals surface area contributed by atoms with Crippen molar-refractivity contribution in [3.8, 4) is 11.6 Å². The number of anilines is 1. The quantitative estimate of drug-likeness (QED) is 0.526. The van der Waals surface area contributed by atoms with Crippen LogP contribution in [0.5, 0.6) is 11.6 Å². The van der Waals surface area contributed by atoms with Crippen LogP contribution in [0.15, 0.2) is 68.4 Å². The molecule has 28 heavy (non-hydrogen) atoms. The van der Waals surface area contributed by atoms with Crippen molar-refractivity contribution in [1.29, 1.82) is 0 Å². The molecule has 0 radical (unpaired) electrons. The Morgan fingerprint density at radius 1 is 1.18 bits per heavy atom. The van der Waals surface area contributed by atoms with Gasteiger partial charge in [0.15, 0.2) is 11.8 Å². The molecule has 0 spiro atoms. The van der Waals surface area contributed by atoms with E-state index in [4.69, 9.17) is 9.15 Å². The van der Waals surface area contributed by atoms with E-state index in [0.29, 0.717) is 24.9 Å². The van der Waals surface area contributed by atoms with E-state index in [-0.39, 0.29) is 12.4 Å². The molecule has 0 unspecified atom stereocenters. The van der Waals surface area contributed by atoms with Gasteiger partial charge < -0.3 is 23.6 Å². The highest BCUT2D eigenvalue weighted by Gasteiger charge is 2.13. The number of fused-ring (bicyclic) bond motifs is 1. The fourth-order valence-corrected chi connectivity index (χ4v) is 2.83. The Kier molecular flexibility index (Phi) is 4.76. The maximum Gasteiger partial charge on any atom is 0.422 e. The lowest BCUT2D eigenvalue weighted by atomic mass is 10.2. The Labute approximate surface area is 160 Å². The topological polar surface area (TPSA) is 93.9 Å². The largest absolute Gasteiger partial charge is 0.492 e. The fraction of sp³-hybridized carbons (Fsp3) is 0.200. The van der Waals surface area contributed by atoms with Crippen LogP contribution >= 0.6 is 0 Å². The number of hydrogen-bond acceptors (Lipinski definition) is 7. The van der Waals surface area contributed by atoms with Gasteiger partial charge in [0, 0.05) is 12.6 Å². The minimum absolute atomic E-state index is 0.151. The Morgan fingerprint density at radius 3 is 2.75 bits per heavy atom. The molecule has 0 atom stereocenters. The van der Waals surface area contributed by atoms with Crippen molar-refractivity contribution in [3.63, 3.8) is 0 Å². The molecule has 0 amide bonds. The van der Waals surface area contributed by atoms with Crippen molar-refractivity contribution in [3.05, 3.63) is 70.9 Å². The summed E-state index contributed by atoms with van der Waals surface area (Å²) in [4.78, 5) is 18.0. The van der Waals surface area contributed by atoms with Gasteiger partial charge in [0.05, 0.1) is 13.1 Å². The van der Waals surface area contributed by atoms with E-state index in [1.165, 1.54) is 0 Å². The SMILES string of the molecule is CN(CCOc1ccccc1Cn1c(O)coc1=O)c1nc2ccccc2o1. The Bertz CT molecular complexity index is 1110. The molecule has 4 rings (SSSR count). The summed E-state index contributed by atoms with van der Waals surface area (Å²) in [5.41, 5.74) is 2.30. The third kappa shape index (κ3) is 3.57. The number of benzene rings is 2. The average Bonchev–Trinajstić information content (AvgIpc) is 3.27. The molecule has 0 aliphatic carbocycles. The van der Waals surface area contributed by atoms with Crippen molar-refractivity contribution in [2.45, 2.75) is 6.54 Å². The summed E-state index contributed by atoms with van der Waals surface area (Å²) < 4.78 is 17.4. The van der Waals surface area contributed by atoms with Crippen molar-refractivity contribution in [1.82, 2.24) is 9.55 Å². The van der Waals surface area contributed by atoms with Gasteiger partial charge in [0.2, 0.25) is 5.88 Å². The van der Waals surface area contributed by atoms with Crippen LogP contribution in [-0.4, -0.2) is 34.9 Å². The van der Waals surface area contributed by atoms with Gasteiger partial charge in [-0.3, -0.25) is 0 Å². The first kappa shape index (κ1) is 17.7. The lowest BCUT2D eigenvalue weighted by Gasteiger charge is -2.16. The van der Waals surface area contributed by atoms with Gasteiger partial charge >= 0.3 is 5.76 Å². The fourth-order valence-electron chi connectivity index (χ4n) is 2.83. The van der Waals surface area contributed by atoms with E-state index in [1.807, 2.05) is 60.5 Å². The number of nitrogens with zero attached hydrogens (tertiary/aromatic N) is 3. The molecule has 0 saturated heterocycles. The monoisotopic (exact) mass is 381 g/mol. The third-order valence-corrected chi connectivity index (χ3v) is 4.36. The molecule has 1 N–H and O–H groups in total. The number of aromatic nitrogens is 2. The van der Waals surface area contributed by atoms with Crippen molar-refractivity contribution >= 4 is 17.1 Å². The molecule has 0 aliphatic heterocycles. The van der Waals surface area contributed by atoms with E-state index in [2.05, 4.69) is 9.40 Å². The second-order valence-corrected chi connectivity index (χ2v) is 6.29. The summed E-state index contributed by atoms with van der Waals surface area (Å²) >= 11 is 0. The van der Waals surface area contributed by atoms with E-state index in [9.17, 15) is 9.90 Å². The molecule has 0 bridgehead atoms. The second kappa shape index (κ2) is 7.51. The third-order valence-electron chi connectivity index (χ3n) is 4.36. The van der Waals surface area contributed by atoms with Crippen LogP contribution in [0.1, 0.15) is 5.56 Å². The van der Waals surface area contributed by atoms with Crippen LogP contribution < -0.4 is 15.4 Å². The summed E-state index contributed by atoms with van der Waals surface area (Å²) in [6, 6.07) is 15.5. The molecule has 0 saturated carbocycles. The summed E-state index contributed by atoms with van der Waals surface area (Å²) in [6.07, 6.45) is 1.01. The maximum atomic E-state index is 11.7. The first-order valence-corrected chi connectivity index (χ1v) is 8.76. The van der Waals surface area contributed by atoms with Crippen LogP contribution in [0.4, 0.5) is 6.01 Å². The molecule has 8 nitrogen and oxygen atoms in total. The van der Waals surface area contributed by atoms with Gasteiger partial charge in [-0.25, -0.2) is 9.36 Å². The Hall–Kier alpha value is -3.68. The predicted molar refractivity (Wildman–Crippen MR) is 103 cm³/mol. The summed E-state index contributed by atoms with van der Waals surface area (Å²) in [7, 11) is 1.88. The number of rotatable bonds is 7. The highest BCUT2D eigenvalue weighted by atomic mass is 16.5. The molecule has 2 heterocycles. The van der Waals surface area contributed by atoms with Gasteiger partial charge in [-0.15, -0.1) is 0 Å². The standard InChI is InChI=1S/C20H19N3O5/c1-22(19-21-15-7-3-5-9-17(15)28-19)10-11-26-16-8-4-2-6-14(16)12-23-18(24)13-27-20(23)25/h2-9,13,24H,10-12H2,1H3. The van der Waals surface area contributed by atoms with Gasteiger partial charge in [-0.1, -0.05) is 30.3 Å². The molecular formula is C20H19N3O5. The van der Waals surface area contributed by atoms with Gasteiger partial charge in [-0.2, -0.15) is 4.98 Å². The summed E-state index contributed by atoms with van der Waals surface area (Å²) in [5, 5.41) is 9.72. The molecular weight excluding hydrogens is 362 g/mol. The van der Waals surface area contributed by atoms with E-state index in [1.54, 1.807) is 0 Å². The van der Waals surface area contributed by atoms with Gasteiger partial charge in [0.25, 0.3) is 6.01 Å². The first-order chi connectivity index (χ1) is 13.6. The highest BCUT2D eigenvalue weighted by Crippen LogP contribution is 2.22. The van der Waals surface area contributed by atoms with Crippen LogP contribution in [0.25, 0.3) is 11.1 Å². The molecule has 4 aromatic rings. The summed E-state index contributed by atoms with van der Waals surface area (Å²) in [5.74, 6) is -0.223. The first-order valence-electron chi connectivity index (χ1n) is 8.76. The zero-order valence-corrected chi connectivity index (χ0v) is 15.2. The van der Waals surface area contributed by atoms with Crippen molar-refractivity contribution in [2.24, 2.45) is 0 Å². The summed E-state index contributed by atoms with van der Waals surface area (Å²) in [6.45, 7) is 1.09. The molecule has 0 fully saturated rings. The highest BCUT2D eigenvalue weighted by molar-refractivity contribution is 5.74. The molecule has 8 heteroatoms. The lowest BCUT2D eigenvalue weighted by molar-refractivity contribution is 0.318. The van der Waals surface area contributed by atoms with Crippen LogP contribution in [-0.2, 0) is 6.54 Å². The normalized spacial score (nSPS) is 11.0.